The number of aromatic amines is 1. The topological polar surface area (TPSA) is 69.2 Å². The summed E-state index contributed by atoms with van der Waals surface area (Å²) in [6.07, 6.45) is 5.86. The van der Waals surface area contributed by atoms with Crippen molar-refractivity contribution in [3.63, 3.8) is 0 Å². The molecule has 0 bridgehead atoms. The summed E-state index contributed by atoms with van der Waals surface area (Å²) in [7, 11) is 0. The Morgan fingerprint density at radius 2 is 2.04 bits per heavy atom. The van der Waals surface area contributed by atoms with Gasteiger partial charge in [-0.1, -0.05) is 0 Å². The smallest absolute Gasteiger partial charge is 0.187 e. The van der Waals surface area contributed by atoms with Crippen LogP contribution in [0.5, 0.6) is 0 Å². The fraction of sp³-hybridized carbons (Fsp3) is 0.444. The molecule has 2 aromatic rings. The van der Waals surface area contributed by atoms with Crippen molar-refractivity contribution in [1.82, 2.24) is 14.9 Å². The molecule has 3 heterocycles. The molecule has 1 aliphatic heterocycles. The number of aliphatic hydroxyl groups excluding tert-OH is 1. The normalized spacial score (nSPS) is 21.7. The molecule has 2 atom stereocenters. The zero-order valence-corrected chi connectivity index (χ0v) is 13.6. The average molecular weight is 313 g/mol. The zero-order chi connectivity index (χ0) is 16.4. The van der Waals surface area contributed by atoms with Crippen LogP contribution in [0.3, 0.4) is 0 Å². The standard InChI is InChI=1S/C18H23N3O2/c1-12-8-20-16(13(2)18(12)23)10-21-9-15(17(22)11-21)7-14-3-5-19-6-4-14/h3-6,8,15,17,22H,7,9-11H2,1-2H3,(H,20,23)/t15-,17-/m1/s1. The van der Waals surface area contributed by atoms with Crippen molar-refractivity contribution in [3.05, 3.63) is 63.3 Å². The fourth-order valence-electron chi connectivity index (χ4n) is 3.28. The molecule has 0 aliphatic carbocycles. The number of aryl methyl sites for hydroxylation is 1. The number of hydrogen-bond acceptors (Lipinski definition) is 4. The lowest BCUT2D eigenvalue weighted by Crippen LogP contribution is -2.24. The predicted octanol–water partition coefficient (Wildman–Crippen LogP) is 1.42. The van der Waals surface area contributed by atoms with E-state index in [1.807, 2.05) is 26.0 Å². The van der Waals surface area contributed by atoms with Gasteiger partial charge in [0.15, 0.2) is 5.43 Å². The van der Waals surface area contributed by atoms with Crippen molar-refractivity contribution in [3.8, 4) is 0 Å². The Morgan fingerprint density at radius 3 is 2.78 bits per heavy atom. The Hall–Kier alpha value is -1.98. The van der Waals surface area contributed by atoms with Crippen molar-refractivity contribution in [2.75, 3.05) is 13.1 Å². The van der Waals surface area contributed by atoms with Crippen LogP contribution < -0.4 is 5.43 Å². The molecule has 5 nitrogen and oxygen atoms in total. The molecular weight excluding hydrogens is 290 g/mol. The lowest BCUT2D eigenvalue weighted by Gasteiger charge is -2.17. The highest BCUT2D eigenvalue weighted by atomic mass is 16.3. The third kappa shape index (κ3) is 3.51. The van der Waals surface area contributed by atoms with E-state index in [2.05, 4.69) is 14.9 Å². The van der Waals surface area contributed by atoms with Crippen molar-refractivity contribution < 1.29 is 5.11 Å². The van der Waals surface area contributed by atoms with Crippen LogP contribution in [0.2, 0.25) is 0 Å². The lowest BCUT2D eigenvalue weighted by molar-refractivity contribution is 0.141. The van der Waals surface area contributed by atoms with Gasteiger partial charge in [0.2, 0.25) is 0 Å². The van der Waals surface area contributed by atoms with E-state index in [4.69, 9.17) is 0 Å². The number of hydrogen-bond donors (Lipinski definition) is 2. The van der Waals surface area contributed by atoms with Crippen LogP contribution in [0.4, 0.5) is 0 Å². The van der Waals surface area contributed by atoms with Gasteiger partial charge in [-0.05, 0) is 38.0 Å². The molecule has 122 valence electrons. The zero-order valence-electron chi connectivity index (χ0n) is 13.6. The second kappa shape index (κ2) is 6.64. The number of likely N-dealkylation sites (tertiary alicyclic amines) is 1. The Morgan fingerprint density at radius 1 is 1.30 bits per heavy atom. The number of H-pyrrole nitrogens is 1. The second-order valence-corrected chi connectivity index (χ2v) is 6.49. The van der Waals surface area contributed by atoms with Crippen LogP contribution in [-0.4, -0.2) is 39.2 Å². The van der Waals surface area contributed by atoms with Crippen molar-refractivity contribution in [2.24, 2.45) is 5.92 Å². The van der Waals surface area contributed by atoms with E-state index in [1.165, 1.54) is 5.56 Å². The van der Waals surface area contributed by atoms with E-state index >= 15 is 0 Å². The molecule has 2 N–H and O–H groups in total. The second-order valence-electron chi connectivity index (χ2n) is 6.49. The van der Waals surface area contributed by atoms with Crippen LogP contribution in [0.1, 0.15) is 22.4 Å². The minimum Gasteiger partial charge on any atom is -0.391 e. The highest BCUT2D eigenvalue weighted by Gasteiger charge is 2.31. The molecule has 23 heavy (non-hydrogen) atoms. The number of pyridine rings is 2. The molecule has 0 amide bonds. The summed E-state index contributed by atoms with van der Waals surface area (Å²) in [5, 5.41) is 10.3. The average Bonchev–Trinajstić information content (AvgIpc) is 2.89. The summed E-state index contributed by atoms with van der Waals surface area (Å²) < 4.78 is 0. The van der Waals surface area contributed by atoms with Gasteiger partial charge < -0.3 is 10.1 Å². The molecule has 0 unspecified atom stereocenters. The van der Waals surface area contributed by atoms with Gasteiger partial charge >= 0.3 is 0 Å². The van der Waals surface area contributed by atoms with Gasteiger partial charge in [0.05, 0.1) is 6.10 Å². The number of nitrogens with one attached hydrogen (secondary N) is 1. The van der Waals surface area contributed by atoms with Crippen molar-refractivity contribution in [2.45, 2.75) is 32.9 Å². The predicted molar refractivity (Wildman–Crippen MR) is 89.3 cm³/mol. The molecule has 5 heteroatoms. The highest BCUT2D eigenvalue weighted by molar-refractivity contribution is 5.23. The van der Waals surface area contributed by atoms with Gasteiger partial charge in [0.25, 0.3) is 0 Å². The third-order valence-corrected chi connectivity index (χ3v) is 4.73. The van der Waals surface area contributed by atoms with Gasteiger partial charge in [-0.25, -0.2) is 0 Å². The molecule has 2 aromatic heterocycles. The molecule has 0 spiro atoms. The monoisotopic (exact) mass is 313 g/mol. The Labute approximate surface area is 136 Å². The minimum absolute atomic E-state index is 0.104. The first-order valence-corrected chi connectivity index (χ1v) is 8.01. The van der Waals surface area contributed by atoms with Gasteiger partial charge in [0, 0.05) is 61.0 Å². The Balaban J connectivity index is 1.67. The summed E-state index contributed by atoms with van der Waals surface area (Å²) in [5.74, 6) is 0.217. The summed E-state index contributed by atoms with van der Waals surface area (Å²) in [6.45, 7) is 5.83. The fourth-order valence-corrected chi connectivity index (χ4v) is 3.28. The first kappa shape index (κ1) is 15.9. The van der Waals surface area contributed by atoms with Crippen LogP contribution >= 0.6 is 0 Å². The van der Waals surface area contributed by atoms with E-state index in [1.54, 1.807) is 18.6 Å². The maximum absolute atomic E-state index is 12.0. The first-order valence-electron chi connectivity index (χ1n) is 8.01. The minimum atomic E-state index is -0.333. The molecule has 0 radical (unpaired) electrons. The van der Waals surface area contributed by atoms with E-state index < -0.39 is 0 Å². The van der Waals surface area contributed by atoms with Crippen molar-refractivity contribution >= 4 is 0 Å². The summed E-state index contributed by atoms with van der Waals surface area (Å²) in [5.41, 5.74) is 3.76. The van der Waals surface area contributed by atoms with E-state index in [-0.39, 0.29) is 17.5 Å². The molecule has 0 saturated carbocycles. The number of aliphatic hydroxyl groups is 1. The molecule has 1 fully saturated rings. The molecule has 1 aliphatic rings. The van der Waals surface area contributed by atoms with Crippen LogP contribution in [0.15, 0.2) is 35.5 Å². The van der Waals surface area contributed by atoms with E-state index in [0.29, 0.717) is 13.1 Å². The maximum atomic E-state index is 12.0. The molecule has 3 rings (SSSR count). The van der Waals surface area contributed by atoms with Gasteiger partial charge in [-0.3, -0.25) is 14.7 Å². The van der Waals surface area contributed by atoms with Gasteiger partial charge in [-0.15, -0.1) is 0 Å². The third-order valence-electron chi connectivity index (χ3n) is 4.73. The van der Waals surface area contributed by atoms with Gasteiger partial charge in [0.1, 0.15) is 0 Å². The summed E-state index contributed by atoms with van der Waals surface area (Å²) >= 11 is 0. The van der Waals surface area contributed by atoms with Crippen LogP contribution in [0.25, 0.3) is 0 Å². The number of aromatic nitrogens is 2. The summed E-state index contributed by atoms with van der Waals surface area (Å²) in [4.78, 5) is 21.5. The van der Waals surface area contributed by atoms with E-state index in [9.17, 15) is 9.90 Å². The molecular formula is C18H23N3O2. The van der Waals surface area contributed by atoms with Crippen molar-refractivity contribution in [1.29, 1.82) is 0 Å². The number of rotatable bonds is 4. The van der Waals surface area contributed by atoms with Gasteiger partial charge in [-0.2, -0.15) is 0 Å². The number of β-amino-alcohol motifs (C(OH)–C–C–N with tert-alkyl or cyclic N) is 1. The van der Waals surface area contributed by atoms with E-state index in [0.717, 1.165) is 29.8 Å². The first-order chi connectivity index (χ1) is 11.0. The maximum Gasteiger partial charge on any atom is 0.187 e. The SMILES string of the molecule is Cc1c[nH]c(CN2C[C@@H](Cc3ccncc3)[C@H](O)C2)c(C)c1=O. The Kier molecular flexibility index (Phi) is 4.59. The number of nitrogens with zero attached hydrogens (tertiary/aromatic N) is 2. The van der Waals surface area contributed by atoms with Crippen LogP contribution in [0, 0.1) is 19.8 Å². The molecule has 0 aromatic carbocycles. The Bertz CT molecular complexity index is 727. The summed E-state index contributed by atoms with van der Waals surface area (Å²) in [6, 6.07) is 3.99. The largest absolute Gasteiger partial charge is 0.391 e. The highest BCUT2D eigenvalue weighted by Crippen LogP contribution is 2.23. The molecule has 1 saturated heterocycles. The quantitative estimate of drug-likeness (QED) is 0.896. The van der Waals surface area contributed by atoms with Crippen LogP contribution in [-0.2, 0) is 13.0 Å². The lowest BCUT2D eigenvalue weighted by atomic mass is 9.97.